The zero-order chi connectivity index (χ0) is 13.2. The highest BCUT2D eigenvalue weighted by atomic mass is 35.5. The van der Waals surface area contributed by atoms with Crippen LogP contribution in [0.2, 0.25) is 5.02 Å². The fourth-order valence-electron chi connectivity index (χ4n) is 3.34. The van der Waals surface area contributed by atoms with Crippen molar-refractivity contribution in [1.29, 1.82) is 0 Å². The standard InChI is InChI=1S/C14H20ClN3O/c15-12-8-16-14(17-9-12)18-4-1-10(2-5-18)13-7-11(13)3-6-19/h8-11,13,19H,1-7H2/t11-,13+/m0/s1. The van der Waals surface area contributed by atoms with Crippen molar-refractivity contribution in [2.45, 2.75) is 25.7 Å². The van der Waals surface area contributed by atoms with E-state index in [1.165, 1.54) is 19.3 Å². The minimum atomic E-state index is 0.346. The molecule has 1 saturated heterocycles. The second-order valence-electron chi connectivity index (χ2n) is 5.70. The zero-order valence-corrected chi connectivity index (χ0v) is 11.8. The molecule has 5 heteroatoms. The van der Waals surface area contributed by atoms with E-state index in [9.17, 15) is 0 Å². The molecule has 0 unspecified atom stereocenters. The van der Waals surface area contributed by atoms with Crippen LogP contribution in [0.3, 0.4) is 0 Å². The van der Waals surface area contributed by atoms with Crippen molar-refractivity contribution in [3.8, 4) is 0 Å². The lowest BCUT2D eigenvalue weighted by Crippen LogP contribution is -2.35. The van der Waals surface area contributed by atoms with Gasteiger partial charge in [0.1, 0.15) is 0 Å². The molecule has 1 N–H and O–H groups in total. The molecule has 0 radical (unpaired) electrons. The van der Waals surface area contributed by atoms with Crippen LogP contribution in [0.1, 0.15) is 25.7 Å². The molecule has 0 aromatic carbocycles. The highest BCUT2D eigenvalue weighted by Crippen LogP contribution is 2.49. The molecule has 0 bridgehead atoms. The van der Waals surface area contributed by atoms with Gasteiger partial charge in [0, 0.05) is 19.7 Å². The number of aliphatic hydroxyl groups excluding tert-OH is 1. The van der Waals surface area contributed by atoms with E-state index in [0.717, 1.165) is 43.2 Å². The predicted octanol–water partition coefficient (Wildman–Crippen LogP) is 2.36. The summed E-state index contributed by atoms with van der Waals surface area (Å²) in [6.45, 7) is 2.42. The maximum Gasteiger partial charge on any atom is 0.225 e. The molecule has 2 aliphatic rings. The molecule has 1 aromatic rings. The van der Waals surface area contributed by atoms with Crippen molar-refractivity contribution in [2.75, 3.05) is 24.6 Å². The topological polar surface area (TPSA) is 49.2 Å². The zero-order valence-electron chi connectivity index (χ0n) is 11.0. The van der Waals surface area contributed by atoms with E-state index >= 15 is 0 Å². The monoisotopic (exact) mass is 281 g/mol. The van der Waals surface area contributed by atoms with Crippen LogP contribution in [0.15, 0.2) is 12.4 Å². The fourth-order valence-corrected chi connectivity index (χ4v) is 3.44. The average molecular weight is 282 g/mol. The van der Waals surface area contributed by atoms with Gasteiger partial charge in [-0.15, -0.1) is 0 Å². The van der Waals surface area contributed by atoms with E-state index in [1.54, 1.807) is 12.4 Å². The van der Waals surface area contributed by atoms with E-state index in [0.29, 0.717) is 11.6 Å². The van der Waals surface area contributed by atoms with Gasteiger partial charge in [-0.25, -0.2) is 9.97 Å². The van der Waals surface area contributed by atoms with Crippen molar-refractivity contribution >= 4 is 17.5 Å². The Balaban J connectivity index is 1.51. The minimum Gasteiger partial charge on any atom is -0.396 e. The number of halogens is 1. The highest BCUT2D eigenvalue weighted by Gasteiger charge is 2.42. The summed E-state index contributed by atoms with van der Waals surface area (Å²) in [5, 5.41) is 9.56. The van der Waals surface area contributed by atoms with Crippen LogP contribution in [0.4, 0.5) is 5.95 Å². The average Bonchev–Trinajstić information content (AvgIpc) is 3.20. The first-order valence-corrected chi connectivity index (χ1v) is 7.49. The van der Waals surface area contributed by atoms with Crippen molar-refractivity contribution in [2.24, 2.45) is 17.8 Å². The minimum absolute atomic E-state index is 0.346. The fraction of sp³-hybridized carbons (Fsp3) is 0.714. The van der Waals surface area contributed by atoms with Crippen LogP contribution >= 0.6 is 11.6 Å². The Bertz CT molecular complexity index is 417. The number of piperidine rings is 1. The third kappa shape index (κ3) is 3.00. The number of aliphatic hydroxyl groups is 1. The van der Waals surface area contributed by atoms with Crippen LogP contribution in [-0.4, -0.2) is 34.8 Å². The Morgan fingerprint density at radius 1 is 1.26 bits per heavy atom. The summed E-state index contributed by atoms with van der Waals surface area (Å²) in [5.41, 5.74) is 0. The SMILES string of the molecule is OCC[C@H]1C[C@@H]1C1CCN(c2ncc(Cl)cn2)CC1. The number of hydrogen-bond acceptors (Lipinski definition) is 4. The van der Waals surface area contributed by atoms with Gasteiger partial charge in [0.05, 0.1) is 17.4 Å². The van der Waals surface area contributed by atoms with Crippen molar-refractivity contribution < 1.29 is 5.11 Å². The van der Waals surface area contributed by atoms with Crippen LogP contribution in [0, 0.1) is 17.8 Å². The highest BCUT2D eigenvalue weighted by molar-refractivity contribution is 6.30. The lowest BCUT2D eigenvalue weighted by atomic mass is 9.90. The quantitative estimate of drug-likeness (QED) is 0.920. The molecule has 1 saturated carbocycles. The molecule has 1 aliphatic heterocycles. The van der Waals surface area contributed by atoms with Gasteiger partial charge in [-0.3, -0.25) is 0 Å². The van der Waals surface area contributed by atoms with Crippen molar-refractivity contribution in [1.82, 2.24) is 9.97 Å². The number of nitrogens with zero attached hydrogens (tertiary/aromatic N) is 3. The van der Waals surface area contributed by atoms with Gasteiger partial charge >= 0.3 is 0 Å². The first-order chi connectivity index (χ1) is 9.28. The van der Waals surface area contributed by atoms with Gasteiger partial charge in [-0.05, 0) is 43.4 Å². The first-order valence-electron chi connectivity index (χ1n) is 7.11. The maximum atomic E-state index is 8.97. The smallest absolute Gasteiger partial charge is 0.225 e. The van der Waals surface area contributed by atoms with Gasteiger partial charge in [0.2, 0.25) is 5.95 Å². The Morgan fingerprint density at radius 3 is 2.58 bits per heavy atom. The summed E-state index contributed by atoms with van der Waals surface area (Å²) in [4.78, 5) is 10.8. The third-order valence-corrected chi connectivity index (χ3v) is 4.71. The largest absolute Gasteiger partial charge is 0.396 e. The molecule has 2 heterocycles. The molecule has 2 atom stereocenters. The number of rotatable bonds is 4. The first kappa shape index (κ1) is 13.1. The van der Waals surface area contributed by atoms with Gasteiger partial charge in [-0.2, -0.15) is 0 Å². The summed E-state index contributed by atoms with van der Waals surface area (Å²) >= 11 is 5.81. The molecular weight excluding hydrogens is 262 g/mol. The molecule has 1 aromatic heterocycles. The second kappa shape index (κ2) is 5.63. The van der Waals surface area contributed by atoms with Crippen LogP contribution < -0.4 is 4.90 Å². The number of hydrogen-bond donors (Lipinski definition) is 1. The Hall–Kier alpha value is -0.870. The van der Waals surface area contributed by atoms with Gasteiger partial charge < -0.3 is 10.0 Å². The Labute approximate surface area is 118 Å². The van der Waals surface area contributed by atoms with E-state index < -0.39 is 0 Å². The van der Waals surface area contributed by atoms with Crippen LogP contribution in [0.5, 0.6) is 0 Å². The van der Waals surface area contributed by atoms with Crippen LogP contribution in [-0.2, 0) is 0 Å². The molecule has 0 spiro atoms. The molecule has 19 heavy (non-hydrogen) atoms. The summed E-state index contributed by atoms with van der Waals surface area (Å²) in [6.07, 6.45) is 8.08. The lowest BCUT2D eigenvalue weighted by Gasteiger charge is -2.32. The van der Waals surface area contributed by atoms with Crippen molar-refractivity contribution in [3.05, 3.63) is 17.4 Å². The molecule has 4 nitrogen and oxygen atoms in total. The van der Waals surface area contributed by atoms with E-state index in [1.807, 2.05) is 0 Å². The summed E-state index contributed by atoms with van der Waals surface area (Å²) in [5.74, 6) is 3.28. The van der Waals surface area contributed by atoms with Crippen LogP contribution in [0.25, 0.3) is 0 Å². The molecule has 2 fully saturated rings. The van der Waals surface area contributed by atoms with Gasteiger partial charge in [0.25, 0.3) is 0 Å². The molecule has 0 amide bonds. The number of aromatic nitrogens is 2. The maximum absolute atomic E-state index is 8.97. The van der Waals surface area contributed by atoms with E-state index in [4.69, 9.17) is 16.7 Å². The lowest BCUT2D eigenvalue weighted by molar-refractivity contribution is 0.266. The second-order valence-corrected chi connectivity index (χ2v) is 6.13. The molecule has 3 rings (SSSR count). The predicted molar refractivity (Wildman–Crippen MR) is 75.3 cm³/mol. The van der Waals surface area contributed by atoms with Crippen molar-refractivity contribution in [3.63, 3.8) is 0 Å². The van der Waals surface area contributed by atoms with E-state index in [-0.39, 0.29) is 0 Å². The van der Waals surface area contributed by atoms with Gasteiger partial charge in [-0.1, -0.05) is 11.6 Å². The summed E-state index contributed by atoms with van der Waals surface area (Å²) < 4.78 is 0. The van der Waals surface area contributed by atoms with E-state index in [2.05, 4.69) is 14.9 Å². The Morgan fingerprint density at radius 2 is 1.95 bits per heavy atom. The molecule has 1 aliphatic carbocycles. The third-order valence-electron chi connectivity index (χ3n) is 4.51. The molecular formula is C14H20ClN3O. The Kier molecular flexibility index (Phi) is 3.89. The summed E-state index contributed by atoms with van der Waals surface area (Å²) in [6, 6.07) is 0. The number of anilines is 1. The summed E-state index contributed by atoms with van der Waals surface area (Å²) in [7, 11) is 0. The normalized spacial score (nSPS) is 27.6. The van der Waals surface area contributed by atoms with Gasteiger partial charge in [0.15, 0.2) is 0 Å². The molecule has 104 valence electrons.